The molecule has 2 aromatic carbocycles. The van der Waals surface area contributed by atoms with E-state index >= 15 is 0 Å². The maximum atomic E-state index is 13.9. The molecular formula is C36H57N3O7S. The number of hydrogen-bond acceptors (Lipinski definition) is 8. The quantitative estimate of drug-likeness (QED) is 0.126. The van der Waals surface area contributed by atoms with Crippen molar-refractivity contribution in [1.82, 2.24) is 16.0 Å². The largest absolute Gasteiger partial charge is 0.389 e. The van der Waals surface area contributed by atoms with Crippen molar-refractivity contribution in [2.24, 2.45) is 11.8 Å². The normalized spacial score (nSPS) is 17.5. The standard InChI is InChI=1S/C36H57N3O7S/c1-4-6-19-31(36(43)39-32(22-26-13-8-7-9-14-26)34(41)33(40)24-37-20-21-46-3)38-35(42)29(25-47(44,45)5-2)23-28-17-12-16-27-15-10-11-18-30(27)28/h10-12,15-18,26,29,31-34,37,40-41H,4-9,13-14,19-25H2,1-3H3,(H,38,42)(H,39,43)/t29-,31?,32+,33+,34-/m1/s1. The second-order valence-corrected chi connectivity index (χ2v) is 15.4. The summed E-state index contributed by atoms with van der Waals surface area (Å²) < 4.78 is 30.7. The zero-order valence-corrected chi connectivity index (χ0v) is 29.3. The first-order valence-corrected chi connectivity index (χ1v) is 19.2. The first-order valence-electron chi connectivity index (χ1n) is 17.4. The Hall–Kier alpha value is -2.57. The average Bonchev–Trinajstić information content (AvgIpc) is 3.07. The number of aliphatic hydroxyl groups excluding tert-OH is 2. The van der Waals surface area contributed by atoms with Crippen molar-refractivity contribution in [3.63, 3.8) is 0 Å². The lowest BCUT2D eigenvalue weighted by atomic mass is 9.83. The van der Waals surface area contributed by atoms with Gasteiger partial charge in [-0.15, -0.1) is 0 Å². The monoisotopic (exact) mass is 675 g/mol. The summed E-state index contributed by atoms with van der Waals surface area (Å²) in [5.41, 5.74) is 0.868. The molecule has 0 spiro atoms. The Morgan fingerprint density at radius 2 is 1.70 bits per heavy atom. The topological polar surface area (TPSA) is 154 Å². The molecule has 1 aliphatic carbocycles. The zero-order valence-electron chi connectivity index (χ0n) is 28.5. The Morgan fingerprint density at radius 1 is 0.979 bits per heavy atom. The van der Waals surface area contributed by atoms with Gasteiger partial charge in [-0.25, -0.2) is 8.42 Å². The Kier molecular flexibility index (Phi) is 16.6. The number of rotatable bonds is 21. The number of nitrogens with one attached hydrogen (secondary N) is 3. The Bertz CT molecular complexity index is 1340. The smallest absolute Gasteiger partial charge is 0.242 e. The molecule has 10 nitrogen and oxygen atoms in total. The van der Waals surface area contributed by atoms with Crippen molar-refractivity contribution >= 4 is 32.4 Å². The SMILES string of the molecule is CCCCC(NC(=O)[C@H](Cc1cccc2ccccc12)CS(=O)(=O)CC)C(=O)N[C@@H](CC1CCCCC1)[C@@H](O)[C@@H](O)CNCCOC. The summed E-state index contributed by atoms with van der Waals surface area (Å²) in [4.78, 5) is 27.8. The molecular weight excluding hydrogens is 618 g/mol. The van der Waals surface area contributed by atoms with Crippen LogP contribution in [-0.4, -0.2) is 93.0 Å². The minimum atomic E-state index is -3.51. The maximum Gasteiger partial charge on any atom is 0.242 e. The third-order valence-electron chi connectivity index (χ3n) is 9.37. The number of hydrogen-bond donors (Lipinski definition) is 5. The first kappa shape index (κ1) is 38.9. The predicted octanol–water partition coefficient (Wildman–Crippen LogP) is 3.52. The molecule has 5 N–H and O–H groups in total. The van der Waals surface area contributed by atoms with Crippen LogP contribution < -0.4 is 16.0 Å². The van der Waals surface area contributed by atoms with Gasteiger partial charge in [0.2, 0.25) is 11.8 Å². The zero-order chi connectivity index (χ0) is 34.2. The summed E-state index contributed by atoms with van der Waals surface area (Å²) in [5.74, 6) is -1.93. The molecule has 1 fully saturated rings. The number of unbranched alkanes of at least 4 members (excludes halogenated alkanes) is 1. The van der Waals surface area contributed by atoms with Gasteiger partial charge in [0.15, 0.2) is 9.84 Å². The van der Waals surface area contributed by atoms with Crippen LogP contribution in [0.5, 0.6) is 0 Å². The highest BCUT2D eigenvalue weighted by molar-refractivity contribution is 7.91. The Morgan fingerprint density at radius 3 is 2.40 bits per heavy atom. The van der Waals surface area contributed by atoms with Gasteiger partial charge < -0.3 is 30.9 Å². The van der Waals surface area contributed by atoms with Gasteiger partial charge in [-0.3, -0.25) is 9.59 Å². The molecule has 1 unspecified atom stereocenters. The van der Waals surface area contributed by atoms with Crippen LogP contribution >= 0.6 is 0 Å². The number of benzene rings is 2. The second kappa shape index (κ2) is 20.1. The number of carbonyl (C=O) groups is 2. The molecule has 0 heterocycles. The van der Waals surface area contributed by atoms with Gasteiger partial charge >= 0.3 is 0 Å². The van der Waals surface area contributed by atoms with Crippen LogP contribution in [0.3, 0.4) is 0 Å². The van der Waals surface area contributed by atoms with Crippen LogP contribution in [-0.2, 0) is 30.6 Å². The number of methoxy groups -OCH3 is 1. The van der Waals surface area contributed by atoms with Crippen LogP contribution in [0.15, 0.2) is 42.5 Å². The van der Waals surface area contributed by atoms with E-state index in [1.54, 1.807) is 14.0 Å². The van der Waals surface area contributed by atoms with Gasteiger partial charge in [0.1, 0.15) is 12.1 Å². The lowest BCUT2D eigenvalue weighted by Gasteiger charge is -2.33. The molecule has 0 aromatic heterocycles. The third-order valence-corrected chi connectivity index (χ3v) is 11.2. The van der Waals surface area contributed by atoms with Crippen molar-refractivity contribution in [3.8, 4) is 0 Å². The molecule has 264 valence electrons. The number of carbonyl (C=O) groups excluding carboxylic acids is 2. The molecule has 1 saturated carbocycles. The number of fused-ring (bicyclic) bond motifs is 1. The summed E-state index contributed by atoms with van der Waals surface area (Å²) in [6.45, 7) is 4.68. The van der Waals surface area contributed by atoms with Crippen LogP contribution in [0.1, 0.15) is 77.2 Å². The van der Waals surface area contributed by atoms with Crippen LogP contribution in [0.4, 0.5) is 0 Å². The van der Waals surface area contributed by atoms with Crippen molar-refractivity contribution < 1.29 is 33.0 Å². The van der Waals surface area contributed by atoms with E-state index in [-0.39, 0.29) is 24.5 Å². The molecule has 2 aromatic rings. The number of sulfone groups is 1. The molecule has 11 heteroatoms. The van der Waals surface area contributed by atoms with Crippen LogP contribution in [0.2, 0.25) is 0 Å². The van der Waals surface area contributed by atoms with E-state index in [2.05, 4.69) is 16.0 Å². The van der Waals surface area contributed by atoms with E-state index in [9.17, 15) is 28.2 Å². The average molecular weight is 676 g/mol. The van der Waals surface area contributed by atoms with Gasteiger partial charge in [-0.1, -0.05) is 101 Å². The minimum absolute atomic E-state index is 0.0878. The first-order chi connectivity index (χ1) is 22.6. The molecule has 0 radical (unpaired) electrons. The van der Waals surface area contributed by atoms with Gasteiger partial charge in [-0.05, 0) is 41.5 Å². The number of ether oxygens (including phenoxy) is 1. The molecule has 0 aliphatic heterocycles. The van der Waals surface area contributed by atoms with E-state index in [0.29, 0.717) is 38.3 Å². The van der Waals surface area contributed by atoms with Gasteiger partial charge in [0.25, 0.3) is 0 Å². The van der Waals surface area contributed by atoms with Gasteiger partial charge in [0, 0.05) is 26.0 Å². The highest BCUT2D eigenvalue weighted by Gasteiger charge is 2.34. The van der Waals surface area contributed by atoms with Crippen LogP contribution in [0, 0.1) is 11.8 Å². The Labute approximate surface area is 281 Å². The van der Waals surface area contributed by atoms with E-state index in [1.807, 2.05) is 49.4 Å². The third kappa shape index (κ3) is 12.8. The van der Waals surface area contributed by atoms with Crippen molar-refractivity contribution in [1.29, 1.82) is 0 Å². The molecule has 2 amide bonds. The molecule has 47 heavy (non-hydrogen) atoms. The number of aliphatic hydroxyl groups is 2. The van der Waals surface area contributed by atoms with Crippen molar-refractivity contribution in [3.05, 3.63) is 48.0 Å². The summed E-state index contributed by atoms with van der Waals surface area (Å²) in [7, 11) is -1.93. The minimum Gasteiger partial charge on any atom is -0.389 e. The van der Waals surface area contributed by atoms with E-state index in [0.717, 1.165) is 48.4 Å². The summed E-state index contributed by atoms with van der Waals surface area (Å²) >= 11 is 0. The van der Waals surface area contributed by atoms with E-state index in [4.69, 9.17) is 4.74 Å². The second-order valence-electron chi connectivity index (χ2n) is 13.1. The summed E-state index contributed by atoms with van der Waals surface area (Å²) in [5, 5.41) is 33.0. The molecule has 3 rings (SSSR count). The fourth-order valence-corrected chi connectivity index (χ4v) is 7.63. The van der Waals surface area contributed by atoms with Crippen molar-refractivity contribution in [2.45, 2.75) is 102 Å². The molecule has 0 bridgehead atoms. The van der Waals surface area contributed by atoms with Crippen molar-refractivity contribution in [2.75, 3.05) is 38.3 Å². The number of amides is 2. The van der Waals surface area contributed by atoms with Gasteiger partial charge in [-0.2, -0.15) is 0 Å². The lowest BCUT2D eigenvalue weighted by Crippen LogP contribution is -2.57. The highest BCUT2D eigenvalue weighted by atomic mass is 32.2. The fourth-order valence-electron chi connectivity index (χ4n) is 6.52. The Balaban J connectivity index is 1.81. The molecule has 1 aliphatic rings. The van der Waals surface area contributed by atoms with E-state index in [1.165, 1.54) is 6.42 Å². The van der Waals surface area contributed by atoms with Crippen LogP contribution in [0.25, 0.3) is 10.8 Å². The highest BCUT2D eigenvalue weighted by Crippen LogP contribution is 2.29. The summed E-state index contributed by atoms with van der Waals surface area (Å²) in [6.07, 6.45) is 5.58. The molecule has 5 atom stereocenters. The molecule has 0 saturated heterocycles. The fraction of sp³-hybridized carbons (Fsp3) is 0.667. The summed E-state index contributed by atoms with van der Waals surface area (Å²) in [6, 6.07) is 12.0. The maximum absolute atomic E-state index is 13.9. The lowest BCUT2D eigenvalue weighted by molar-refractivity contribution is -0.132. The van der Waals surface area contributed by atoms with E-state index < -0.39 is 51.9 Å². The predicted molar refractivity (Wildman–Crippen MR) is 187 cm³/mol. The van der Waals surface area contributed by atoms with Gasteiger partial charge in [0.05, 0.1) is 30.4 Å².